The Morgan fingerprint density at radius 1 is 0.545 bits per heavy atom. The van der Waals surface area contributed by atoms with Gasteiger partial charge in [-0.05, 0) is 31.6 Å². The van der Waals surface area contributed by atoms with Crippen molar-refractivity contribution in [2.75, 3.05) is 6.61 Å². The fraction of sp³-hybridized carbons (Fsp3) is 1.00. The Kier molecular flexibility index (Phi) is 20.5. The smallest absolute Gasteiger partial charge is 0.0855 e. The van der Waals surface area contributed by atoms with Gasteiger partial charge >= 0.3 is 0 Å². The van der Waals surface area contributed by atoms with Gasteiger partial charge in [-0.25, -0.2) is 10.1 Å². The predicted octanol–water partition coefficient (Wildman–Crippen LogP) is 5.23. The van der Waals surface area contributed by atoms with Gasteiger partial charge in [0.2, 0.25) is 0 Å². The Morgan fingerprint density at radius 2 is 1.00 bits per heavy atom. The molecule has 0 aliphatic carbocycles. The first kappa shape index (κ1) is 21.7. The molecule has 1 N–H and O–H groups in total. The molecule has 0 unspecified atom stereocenters. The van der Waals surface area contributed by atoms with Crippen molar-refractivity contribution >= 4 is 0 Å². The van der Waals surface area contributed by atoms with Crippen LogP contribution < -0.4 is 0 Å². The minimum atomic E-state index is 0.404. The lowest BCUT2D eigenvalue weighted by atomic mass is 10.0. The summed E-state index contributed by atoms with van der Waals surface area (Å²) in [6.45, 7) is 2.66. The van der Waals surface area contributed by atoms with Gasteiger partial charge in [-0.2, -0.15) is 0 Å². The van der Waals surface area contributed by atoms with Gasteiger partial charge in [0.25, 0.3) is 0 Å². The van der Waals surface area contributed by atoms with E-state index in [-0.39, 0.29) is 0 Å². The van der Waals surface area contributed by atoms with Crippen molar-refractivity contribution in [2.24, 2.45) is 0 Å². The topological polar surface area (TPSA) is 75.6 Å². The van der Waals surface area contributed by atoms with Gasteiger partial charge in [-0.1, -0.05) is 84.0 Å². The van der Waals surface area contributed by atoms with E-state index >= 15 is 0 Å². The molecule has 0 atom stereocenters. The second kappa shape index (κ2) is 20.7. The minimum Gasteiger partial charge on any atom is -0.219 e. The van der Waals surface area contributed by atoms with Crippen LogP contribution in [0, 0.1) is 0 Å². The molecule has 0 aliphatic rings. The first-order chi connectivity index (χ1) is 10.9. The minimum absolute atomic E-state index is 0.404. The van der Waals surface area contributed by atoms with Crippen molar-refractivity contribution in [3.8, 4) is 0 Å². The molecule has 0 aromatic carbocycles. The van der Waals surface area contributed by atoms with E-state index in [9.17, 15) is 0 Å². The van der Waals surface area contributed by atoms with Gasteiger partial charge in [0.05, 0.1) is 6.61 Å². The van der Waals surface area contributed by atoms with Crippen LogP contribution in [-0.4, -0.2) is 11.9 Å². The number of rotatable bonds is 19. The van der Waals surface area contributed by atoms with E-state index in [1.807, 2.05) is 0 Å². The molecule has 0 radical (unpaired) electrons. The van der Waals surface area contributed by atoms with E-state index in [0.717, 1.165) is 12.8 Å². The summed E-state index contributed by atoms with van der Waals surface area (Å²) < 4.78 is 0. The zero-order chi connectivity index (χ0) is 16.1. The lowest BCUT2D eigenvalue weighted by Crippen LogP contribution is -2.00. The number of hydrogen-bond donors (Lipinski definition) is 1. The van der Waals surface area contributed by atoms with Crippen LogP contribution in [-0.2, 0) is 30.1 Å². The van der Waals surface area contributed by atoms with Crippen molar-refractivity contribution in [3.63, 3.8) is 0 Å². The molecule has 0 heterocycles. The first-order valence-corrected chi connectivity index (χ1v) is 8.51. The summed E-state index contributed by atoms with van der Waals surface area (Å²) in [4.78, 5) is 4.62. The second-order valence-electron chi connectivity index (χ2n) is 5.41. The maximum Gasteiger partial charge on any atom is 0.0855 e. The van der Waals surface area contributed by atoms with Crippen molar-refractivity contribution < 1.29 is 35.3 Å². The molecule has 0 bridgehead atoms. The second-order valence-corrected chi connectivity index (χ2v) is 5.41. The van der Waals surface area contributed by atoms with Gasteiger partial charge in [-0.15, -0.1) is 0 Å². The molecule has 0 aliphatic heterocycles. The molecule has 7 heteroatoms. The van der Waals surface area contributed by atoms with Crippen LogP contribution in [0.15, 0.2) is 0 Å². The van der Waals surface area contributed by atoms with Crippen LogP contribution in [0.1, 0.15) is 90.4 Å². The van der Waals surface area contributed by atoms with Crippen LogP contribution in [0.3, 0.4) is 0 Å². The Labute approximate surface area is 133 Å². The van der Waals surface area contributed by atoms with E-state index in [4.69, 9.17) is 5.26 Å². The summed E-state index contributed by atoms with van der Waals surface area (Å²) in [5.74, 6) is 0. The highest BCUT2D eigenvalue weighted by Gasteiger charge is 1.95. The molecule has 0 fully saturated rings. The van der Waals surface area contributed by atoms with Gasteiger partial charge in [0, 0.05) is 0 Å². The largest absolute Gasteiger partial charge is 0.219 e. The normalized spacial score (nSPS) is 11.2. The third-order valence-corrected chi connectivity index (χ3v) is 3.49. The lowest BCUT2D eigenvalue weighted by Gasteiger charge is -2.03. The summed E-state index contributed by atoms with van der Waals surface area (Å²) >= 11 is 0. The molecule has 0 saturated carbocycles. The molecule has 0 amide bonds. The number of unbranched alkanes of at least 4 members (excludes halogenated alkanes) is 12. The lowest BCUT2D eigenvalue weighted by molar-refractivity contribution is -0.787. The molecular formula is C15H32O7. The summed E-state index contributed by atoms with van der Waals surface area (Å²) in [6.07, 6.45) is 16.8. The Bertz CT molecular complexity index is 173. The zero-order valence-corrected chi connectivity index (χ0v) is 13.8. The van der Waals surface area contributed by atoms with Gasteiger partial charge in [0.1, 0.15) is 0 Å². The summed E-state index contributed by atoms with van der Waals surface area (Å²) in [5, 5.41) is 25.9. The highest BCUT2D eigenvalue weighted by molar-refractivity contribution is 4.48. The van der Waals surface area contributed by atoms with E-state index in [1.165, 1.54) is 70.6 Å². The van der Waals surface area contributed by atoms with Gasteiger partial charge in [0.15, 0.2) is 0 Å². The highest BCUT2D eigenvalue weighted by atomic mass is 17.9. The van der Waals surface area contributed by atoms with Crippen molar-refractivity contribution in [2.45, 2.75) is 90.4 Å². The van der Waals surface area contributed by atoms with Crippen LogP contribution >= 0.6 is 0 Å². The maximum absolute atomic E-state index is 7.68. The maximum atomic E-state index is 7.68. The molecule has 22 heavy (non-hydrogen) atoms. The first-order valence-electron chi connectivity index (χ1n) is 8.51. The molecular weight excluding hydrogens is 292 g/mol. The fourth-order valence-electron chi connectivity index (χ4n) is 2.27. The quantitative estimate of drug-likeness (QED) is 0.198. The van der Waals surface area contributed by atoms with Crippen LogP contribution in [0.2, 0.25) is 0 Å². The Morgan fingerprint density at radius 3 is 1.50 bits per heavy atom. The van der Waals surface area contributed by atoms with Gasteiger partial charge in [-0.3, -0.25) is 0 Å². The SMILES string of the molecule is CCCCCCCCCCCCCCCOOOOOOO. The average molecular weight is 324 g/mol. The number of hydrogen-bond acceptors (Lipinski definition) is 7. The van der Waals surface area contributed by atoms with E-state index in [2.05, 4.69) is 37.0 Å². The van der Waals surface area contributed by atoms with E-state index in [1.54, 1.807) is 0 Å². The van der Waals surface area contributed by atoms with Crippen molar-refractivity contribution in [1.82, 2.24) is 0 Å². The van der Waals surface area contributed by atoms with Crippen molar-refractivity contribution in [1.29, 1.82) is 0 Å². The van der Waals surface area contributed by atoms with E-state index < -0.39 is 0 Å². The Hall–Kier alpha value is -0.280. The molecule has 7 nitrogen and oxygen atoms in total. The third-order valence-electron chi connectivity index (χ3n) is 3.49. The summed E-state index contributed by atoms with van der Waals surface area (Å²) in [7, 11) is 0. The molecule has 0 rings (SSSR count). The van der Waals surface area contributed by atoms with E-state index in [0.29, 0.717) is 6.61 Å². The monoisotopic (exact) mass is 324 g/mol. The predicted molar refractivity (Wildman–Crippen MR) is 79.7 cm³/mol. The fourth-order valence-corrected chi connectivity index (χ4v) is 2.27. The van der Waals surface area contributed by atoms with Crippen LogP contribution in [0.4, 0.5) is 0 Å². The molecule has 0 spiro atoms. The van der Waals surface area contributed by atoms with Gasteiger partial charge < -0.3 is 0 Å². The average Bonchev–Trinajstić information content (AvgIpc) is 2.54. The summed E-state index contributed by atoms with van der Waals surface area (Å²) in [5.41, 5.74) is 0. The molecule has 0 saturated heterocycles. The van der Waals surface area contributed by atoms with Crippen LogP contribution in [0.5, 0.6) is 0 Å². The molecule has 134 valence electrons. The Balaban J connectivity index is 2.91. The standard InChI is InChI=1S/C15H32O7/c1-2-3-4-5-6-7-8-9-10-11-12-13-14-15-17-19-21-22-20-18-16/h16H,2-15H2,1H3. The van der Waals surface area contributed by atoms with Crippen molar-refractivity contribution in [3.05, 3.63) is 0 Å². The van der Waals surface area contributed by atoms with Crippen LogP contribution in [0.25, 0.3) is 0 Å². The third kappa shape index (κ3) is 19.7. The highest BCUT2D eigenvalue weighted by Crippen LogP contribution is 2.12. The molecule has 0 aromatic heterocycles. The zero-order valence-electron chi connectivity index (χ0n) is 13.8. The summed E-state index contributed by atoms with van der Waals surface area (Å²) in [6, 6.07) is 0. The molecule has 0 aromatic rings.